The third-order valence-corrected chi connectivity index (χ3v) is 3.03. The van der Waals surface area contributed by atoms with Crippen molar-refractivity contribution in [2.45, 2.75) is 20.3 Å². The predicted octanol–water partition coefficient (Wildman–Crippen LogP) is 2.34. The van der Waals surface area contributed by atoms with Crippen molar-refractivity contribution in [3.05, 3.63) is 23.8 Å². The molecule has 0 radical (unpaired) electrons. The zero-order chi connectivity index (χ0) is 8.72. The summed E-state index contributed by atoms with van der Waals surface area (Å²) < 4.78 is 0. The van der Waals surface area contributed by atoms with Gasteiger partial charge < -0.3 is 0 Å². The molecule has 0 aromatic rings. The molecule has 0 N–H and O–H groups in total. The molecule has 12 heavy (non-hydrogen) atoms. The van der Waals surface area contributed by atoms with Gasteiger partial charge in [0.05, 0.1) is 0 Å². The third kappa shape index (κ3) is 1.04. The quantitative estimate of drug-likeness (QED) is 0.500. The highest BCUT2D eigenvalue weighted by atomic mass is 16.1. The average Bonchev–Trinajstić information content (AvgIpc) is 2.47. The Morgan fingerprint density at radius 3 is 2.92 bits per heavy atom. The van der Waals surface area contributed by atoms with Crippen LogP contribution in [0.1, 0.15) is 20.3 Å². The summed E-state index contributed by atoms with van der Waals surface area (Å²) in [5, 5.41) is 0. The van der Waals surface area contributed by atoms with Crippen molar-refractivity contribution in [1.29, 1.82) is 0 Å². The van der Waals surface area contributed by atoms with E-state index in [-0.39, 0.29) is 5.92 Å². The lowest BCUT2D eigenvalue weighted by molar-refractivity contribution is -0.117. The van der Waals surface area contributed by atoms with E-state index in [1.54, 1.807) is 0 Å². The number of carbonyl (C=O) groups excluding carboxylic acids is 1. The number of Topliss-reactive ketones (excluding diaryl/α,β-unsaturated/α-hetero) is 1. The molecule has 0 saturated heterocycles. The Morgan fingerprint density at radius 2 is 2.17 bits per heavy atom. The van der Waals surface area contributed by atoms with Crippen LogP contribution in [0.3, 0.4) is 0 Å². The van der Waals surface area contributed by atoms with Crippen LogP contribution in [0.2, 0.25) is 0 Å². The van der Waals surface area contributed by atoms with Gasteiger partial charge in [0, 0.05) is 5.92 Å². The summed E-state index contributed by atoms with van der Waals surface area (Å²) in [6.07, 6.45) is 7.44. The number of fused-ring (bicyclic) bond motifs is 2. The van der Waals surface area contributed by atoms with Crippen LogP contribution in [0, 0.1) is 17.8 Å². The molecule has 0 amide bonds. The normalized spacial score (nSPS) is 39.7. The first-order chi connectivity index (χ1) is 5.68. The van der Waals surface area contributed by atoms with Gasteiger partial charge in [0.25, 0.3) is 0 Å². The minimum absolute atomic E-state index is 0.191. The highest BCUT2D eigenvalue weighted by molar-refractivity contribution is 5.98. The second-order valence-electron chi connectivity index (χ2n) is 3.96. The Balaban J connectivity index is 2.37. The highest BCUT2D eigenvalue weighted by Crippen LogP contribution is 2.35. The highest BCUT2D eigenvalue weighted by Gasteiger charge is 2.31. The number of carbonyl (C=O) groups is 1. The molecule has 64 valence electrons. The van der Waals surface area contributed by atoms with E-state index in [0.29, 0.717) is 17.6 Å². The molecule has 1 unspecified atom stereocenters. The zero-order valence-corrected chi connectivity index (χ0v) is 7.58. The van der Waals surface area contributed by atoms with Crippen LogP contribution in [-0.2, 0) is 4.79 Å². The number of hydrogen-bond acceptors (Lipinski definition) is 1. The van der Waals surface area contributed by atoms with Gasteiger partial charge in [0.1, 0.15) is 0 Å². The third-order valence-electron chi connectivity index (χ3n) is 3.03. The summed E-state index contributed by atoms with van der Waals surface area (Å²) in [6, 6.07) is 0. The number of rotatable bonds is 0. The fourth-order valence-corrected chi connectivity index (χ4v) is 2.20. The topological polar surface area (TPSA) is 17.1 Å². The molecule has 2 aliphatic rings. The number of allylic oxidation sites excluding steroid dienone is 4. The van der Waals surface area contributed by atoms with E-state index in [9.17, 15) is 4.79 Å². The summed E-state index contributed by atoms with van der Waals surface area (Å²) in [7, 11) is 0. The Morgan fingerprint density at radius 1 is 1.42 bits per heavy atom. The molecule has 0 spiro atoms. The lowest BCUT2D eigenvalue weighted by atomic mass is 9.93. The van der Waals surface area contributed by atoms with Gasteiger partial charge in [0.2, 0.25) is 0 Å². The van der Waals surface area contributed by atoms with Gasteiger partial charge in [-0.15, -0.1) is 0 Å². The van der Waals surface area contributed by atoms with Gasteiger partial charge >= 0.3 is 0 Å². The lowest BCUT2D eigenvalue weighted by Crippen LogP contribution is -2.09. The van der Waals surface area contributed by atoms with E-state index in [2.05, 4.69) is 25.2 Å². The SMILES string of the molecule is CC1=CC(C)[C@H]2C=C[C@H](C2)C1=O. The van der Waals surface area contributed by atoms with Crippen molar-refractivity contribution in [2.75, 3.05) is 0 Å². The molecule has 0 fully saturated rings. The van der Waals surface area contributed by atoms with Gasteiger partial charge in [-0.25, -0.2) is 0 Å². The number of hydrogen-bond donors (Lipinski definition) is 0. The zero-order valence-electron chi connectivity index (χ0n) is 7.58. The second-order valence-corrected chi connectivity index (χ2v) is 3.96. The van der Waals surface area contributed by atoms with E-state index < -0.39 is 0 Å². The summed E-state index contributed by atoms with van der Waals surface area (Å²) in [6.45, 7) is 4.13. The lowest BCUT2D eigenvalue weighted by Gasteiger charge is -2.11. The first-order valence-electron chi connectivity index (χ1n) is 4.59. The van der Waals surface area contributed by atoms with E-state index in [4.69, 9.17) is 0 Å². The van der Waals surface area contributed by atoms with Crippen molar-refractivity contribution < 1.29 is 4.79 Å². The van der Waals surface area contributed by atoms with Crippen LogP contribution in [0.4, 0.5) is 0 Å². The Bertz CT molecular complexity index is 273. The molecule has 3 atom stereocenters. The molecule has 1 heteroatoms. The molecule has 1 nitrogen and oxygen atoms in total. The molecule has 0 saturated carbocycles. The van der Waals surface area contributed by atoms with Crippen LogP contribution in [-0.4, -0.2) is 5.78 Å². The maximum absolute atomic E-state index is 11.6. The minimum atomic E-state index is 0.191. The van der Waals surface area contributed by atoms with Gasteiger partial charge in [-0.2, -0.15) is 0 Å². The van der Waals surface area contributed by atoms with Crippen LogP contribution >= 0.6 is 0 Å². The molecule has 2 bridgehead atoms. The molecule has 0 heterocycles. The van der Waals surface area contributed by atoms with Crippen molar-refractivity contribution in [1.82, 2.24) is 0 Å². The molecule has 0 aromatic carbocycles. The van der Waals surface area contributed by atoms with E-state index >= 15 is 0 Å². The van der Waals surface area contributed by atoms with Crippen molar-refractivity contribution >= 4 is 5.78 Å². The van der Waals surface area contributed by atoms with Crippen LogP contribution in [0.5, 0.6) is 0 Å². The van der Waals surface area contributed by atoms with Crippen molar-refractivity contribution in [3.63, 3.8) is 0 Å². The second kappa shape index (κ2) is 2.58. The van der Waals surface area contributed by atoms with E-state index in [1.165, 1.54) is 0 Å². The van der Waals surface area contributed by atoms with Crippen molar-refractivity contribution in [2.24, 2.45) is 17.8 Å². The monoisotopic (exact) mass is 162 g/mol. The van der Waals surface area contributed by atoms with Gasteiger partial charge in [-0.05, 0) is 30.8 Å². The van der Waals surface area contributed by atoms with Gasteiger partial charge in [0.15, 0.2) is 5.78 Å². The Hall–Kier alpha value is -0.850. The minimum Gasteiger partial charge on any atom is -0.294 e. The van der Waals surface area contributed by atoms with E-state index in [0.717, 1.165) is 12.0 Å². The summed E-state index contributed by atoms with van der Waals surface area (Å²) in [4.78, 5) is 11.6. The first kappa shape index (κ1) is 7.78. The van der Waals surface area contributed by atoms with E-state index in [1.807, 2.05) is 6.92 Å². The van der Waals surface area contributed by atoms with Crippen LogP contribution in [0.25, 0.3) is 0 Å². The fraction of sp³-hybridized carbons (Fsp3) is 0.545. The predicted molar refractivity (Wildman–Crippen MR) is 48.7 cm³/mol. The molecule has 2 rings (SSSR count). The standard InChI is InChI=1S/C11H14O/c1-7-5-8(2)11(12)10-4-3-9(7)6-10/h3-5,7,9-10H,6H2,1-2H3/t7?,9-,10+/m0/s1. The van der Waals surface area contributed by atoms with Crippen LogP contribution < -0.4 is 0 Å². The molecular formula is C11H14O. The largest absolute Gasteiger partial charge is 0.294 e. The average molecular weight is 162 g/mol. The first-order valence-corrected chi connectivity index (χ1v) is 4.59. The van der Waals surface area contributed by atoms with Crippen molar-refractivity contribution in [3.8, 4) is 0 Å². The molecule has 0 aliphatic heterocycles. The van der Waals surface area contributed by atoms with Gasteiger partial charge in [-0.1, -0.05) is 25.2 Å². The smallest absolute Gasteiger partial charge is 0.165 e. The Labute approximate surface area is 73.2 Å². The summed E-state index contributed by atoms with van der Waals surface area (Å²) in [5.41, 5.74) is 0.958. The van der Waals surface area contributed by atoms with Gasteiger partial charge in [-0.3, -0.25) is 4.79 Å². The maximum Gasteiger partial charge on any atom is 0.165 e. The number of ketones is 1. The molecular weight excluding hydrogens is 148 g/mol. The summed E-state index contributed by atoms with van der Waals surface area (Å²) >= 11 is 0. The van der Waals surface area contributed by atoms with Crippen LogP contribution in [0.15, 0.2) is 23.8 Å². The summed E-state index contributed by atoms with van der Waals surface area (Å²) in [5.74, 6) is 1.67. The Kier molecular flexibility index (Phi) is 1.67. The molecule has 2 aliphatic carbocycles. The fourth-order valence-electron chi connectivity index (χ4n) is 2.20. The molecule has 0 aromatic heterocycles. The maximum atomic E-state index is 11.6.